The Labute approximate surface area is 159 Å². The van der Waals surface area contributed by atoms with Gasteiger partial charge in [0.2, 0.25) is 0 Å². The van der Waals surface area contributed by atoms with Crippen molar-refractivity contribution in [3.63, 3.8) is 0 Å². The Morgan fingerprint density at radius 1 is 0.889 bits per heavy atom. The third-order valence-electron chi connectivity index (χ3n) is 4.87. The number of carbonyl (C=O) groups is 2. The Bertz CT molecular complexity index is 779. The zero-order valence-electron chi connectivity index (χ0n) is 15.6. The molecule has 6 heteroatoms. The van der Waals surface area contributed by atoms with Crippen LogP contribution in [0.25, 0.3) is 0 Å². The highest BCUT2D eigenvalue weighted by Gasteiger charge is 2.28. The van der Waals surface area contributed by atoms with Gasteiger partial charge in [0.15, 0.2) is 5.78 Å². The van der Waals surface area contributed by atoms with Crippen LogP contribution >= 0.6 is 0 Å². The Morgan fingerprint density at radius 3 is 1.93 bits per heavy atom. The van der Waals surface area contributed by atoms with Crippen molar-refractivity contribution in [2.24, 2.45) is 5.92 Å². The van der Waals surface area contributed by atoms with E-state index in [1.165, 1.54) is 0 Å². The summed E-state index contributed by atoms with van der Waals surface area (Å²) in [5.41, 5.74) is 1.41. The van der Waals surface area contributed by atoms with Gasteiger partial charge in [-0.05, 0) is 61.4 Å². The number of hydrogen-bond acceptors (Lipinski definition) is 4. The van der Waals surface area contributed by atoms with Crippen molar-refractivity contribution in [3.8, 4) is 11.5 Å². The summed E-state index contributed by atoms with van der Waals surface area (Å²) in [6.45, 7) is 1.13. The molecular weight excluding hydrogens is 344 g/mol. The number of likely N-dealkylation sites (tertiary alicyclic amines) is 1. The van der Waals surface area contributed by atoms with E-state index in [2.05, 4.69) is 5.32 Å². The van der Waals surface area contributed by atoms with E-state index < -0.39 is 0 Å². The average molecular weight is 368 g/mol. The molecule has 3 rings (SSSR count). The standard InChI is InChI=1S/C21H24N2O4/c1-26-18-7-3-15(4-8-18)20(24)16-11-13-23(14-12-16)21(25)22-17-5-9-19(27-2)10-6-17/h3-10,16H,11-14H2,1-2H3,(H,22,25). The van der Waals surface area contributed by atoms with Gasteiger partial charge in [-0.25, -0.2) is 4.79 Å². The van der Waals surface area contributed by atoms with Crippen LogP contribution < -0.4 is 14.8 Å². The lowest BCUT2D eigenvalue weighted by Crippen LogP contribution is -2.42. The molecule has 1 saturated heterocycles. The maximum atomic E-state index is 12.7. The first kappa shape index (κ1) is 18.8. The van der Waals surface area contributed by atoms with Crippen molar-refractivity contribution in [3.05, 3.63) is 54.1 Å². The second kappa shape index (κ2) is 8.58. The summed E-state index contributed by atoms with van der Waals surface area (Å²) in [4.78, 5) is 26.8. The number of Topliss-reactive ketones (excluding diaryl/α,β-unsaturated/α-hetero) is 1. The molecule has 1 fully saturated rings. The predicted octanol–water partition coefficient (Wildman–Crippen LogP) is 3.83. The van der Waals surface area contributed by atoms with Crippen LogP contribution in [0.15, 0.2) is 48.5 Å². The second-order valence-electron chi connectivity index (χ2n) is 6.51. The van der Waals surface area contributed by atoms with Gasteiger partial charge in [0.05, 0.1) is 14.2 Å². The first-order valence-corrected chi connectivity index (χ1v) is 8.99. The van der Waals surface area contributed by atoms with E-state index in [9.17, 15) is 9.59 Å². The first-order valence-electron chi connectivity index (χ1n) is 8.99. The van der Waals surface area contributed by atoms with Crippen LogP contribution in [0.4, 0.5) is 10.5 Å². The molecule has 1 N–H and O–H groups in total. The molecule has 6 nitrogen and oxygen atoms in total. The summed E-state index contributed by atoms with van der Waals surface area (Å²) in [5, 5.41) is 2.88. The molecule has 0 spiro atoms. The number of ketones is 1. The van der Waals surface area contributed by atoms with Crippen molar-refractivity contribution >= 4 is 17.5 Å². The monoisotopic (exact) mass is 368 g/mol. The normalized spacial score (nSPS) is 14.5. The number of ether oxygens (including phenoxy) is 2. The number of piperidine rings is 1. The molecule has 0 unspecified atom stereocenters. The van der Waals surface area contributed by atoms with Crippen LogP contribution in [0.2, 0.25) is 0 Å². The van der Waals surface area contributed by atoms with Gasteiger partial charge in [0, 0.05) is 30.3 Å². The number of rotatable bonds is 5. The fourth-order valence-corrected chi connectivity index (χ4v) is 3.21. The highest BCUT2D eigenvalue weighted by atomic mass is 16.5. The maximum Gasteiger partial charge on any atom is 0.321 e. The van der Waals surface area contributed by atoms with Gasteiger partial charge in [-0.3, -0.25) is 4.79 Å². The van der Waals surface area contributed by atoms with E-state index in [1.807, 2.05) is 0 Å². The molecule has 0 atom stereocenters. The maximum absolute atomic E-state index is 12.7. The molecular formula is C21H24N2O4. The third-order valence-corrected chi connectivity index (χ3v) is 4.87. The molecule has 0 aliphatic carbocycles. The van der Waals surface area contributed by atoms with Gasteiger partial charge in [-0.15, -0.1) is 0 Å². The number of carbonyl (C=O) groups excluding carboxylic acids is 2. The lowest BCUT2D eigenvalue weighted by molar-refractivity contribution is 0.0859. The van der Waals surface area contributed by atoms with Crippen LogP contribution in [0, 0.1) is 5.92 Å². The lowest BCUT2D eigenvalue weighted by atomic mass is 9.89. The molecule has 1 aliphatic rings. The number of anilines is 1. The number of urea groups is 1. The molecule has 1 heterocycles. The van der Waals surface area contributed by atoms with Gasteiger partial charge in [0.25, 0.3) is 0 Å². The summed E-state index contributed by atoms with van der Waals surface area (Å²) in [5.74, 6) is 1.55. The van der Waals surface area contributed by atoms with Crippen LogP contribution in [0.5, 0.6) is 11.5 Å². The largest absolute Gasteiger partial charge is 0.497 e. The van der Waals surface area contributed by atoms with Crippen molar-refractivity contribution in [1.82, 2.24) is 4.90 Å². The summed E-state index contributed by atoms with van der Waals surface area (Å²) < 4.78 is 10.2. The van der Waals surface area contributed by atoms with E-state index in [0.29, 0.717) is 31.5 Å². The van der Waals surface area contributed by atoms with Crippen molar-refractivity contribution in [2.45, 2.75) is 12.8 Å². The number of nitrogens with zero attached hydrogens (tertiary/aromatic N) is 1. The summed E-state index contributed by atoms with van der Waals surface area (Å²) >= 11 is 0. The number of hydrogen-bond donors (Lipinski definition) is 1. The lowest BCUT2D eigenvalue weighted by Gasteiger charge is -2.31. The molecule has 1 aliphatic heterocycles. The third kappa shape index (κ3) is 4.58. The highest BCUT2D eigenvalue weighted by molar-refractivity contribution is 5.98. The first-order chi connectivity index (χ1) is 13.1. The molecule has 2 aromatic carbocycles. The minimum Gasteiger partial charge on any atom is -0.497 e. The van der Waals surface area contributed by atoms with Crippen LogP contribution in [0.3, 0.4) is 0 Å². The minimum absolute atomic E-state index is 0.0524. The summed E-state index contributed by atoms with van der Waals surface area (Å²) in [7, 11) is 3.20. The van der Waals surface area contributed by atoms with Crippen LogP contribution in [0.1, 0.15) is 23.2 Å². The van der Waals surface area contributed by atoms with Gasteiger partial charge >= 0.3 is 6.03 Å². The van der Waals surface area contributed by atoms with E-state index in [4.69, 9.17) is 9.47 Å². The van der Waals surface area contributed by atoms with Gasteiger partial charge in [-0.1, -0.05) is 0 Å². The van der Waals surface area contributed by atoms with E-state index in [0.717, 1.165) is 17.2 Å². The number of methoxy groups -OCH3 is 2. The van der Waals surface area contributed by atoms with Gasteiger partial charge in [-0.2, -0.15) is 0 Å². The Hall–Kier alpha value is -3.02. The molecule has 2 amide bonds. The number of benzene rings is 2. The van der Waals surface area contributed by atoms with Gasteiger partial charge in [0.1, 0.15) is 11.5 Å². The summed E-state index contributed by atoms with van der Waals surface area (Å²) in [6.07, 6.45) is 1.34. The minimum atomic E-state index is -0.143. The second-order valence-corrected chi connectivity index (χ2v) is 6.51. The smallest absolute Gasteiger partial charge is 0.321 e. The highest BCUT2D eigenvalue weighted by Crippen LogP contribution is 2.24. The molecule has 0 saturated carbocycles. The fourth-order valence-electron chi connectivity index (χ4n) is 3.21. The molecule has 142 valence electrons. The SMILES string of the molecule is COc1ccc(NC(=O)N2CCC(C(=O)c3ccc(OC)cc3)CC2)cc1. The fraction of sp³-hybridized carbons (Fsp3) is 0.333. The van der Waals surface area contributed by atoms with Crippen molar-refractivity contribution in [1.29, 1.82) is 0 Å². The van der Waals surface area contributed by atoms with Crippen molar-refractivity contribution in [2.75, 3.05) is 32.6 Å². The quantitative estimate of drug-likeness (QED) is 0.815. The molecule has 0 bridgehead atoms. The van der Waals surface area contributed by atoms with Crippen LogP contribution in [-0.4, -0.2) is 44.0 Å². The Morgan fingerprint density at radius 2 is 1.41 bits per heavy atom. The number of amides is 2. The number of nitrogens with one attached hydrogen (secondary N) is 1. The van der Waals surface area contributed by atoms with E-state index in [1.54, 1.807) is 67.7 Å². The predicted molar refractivity (Wildman–Crippen MR) is 104 cm³/mol. The zero-order chi connectivity index (χ0) is 19.2. The van der Waals surface area contributed by atoms with E-state index in [-0.39, 0.29) is 17.7 Å². The molecule has 27 heavy (non-hydrogen) atoms. The topological polar surface area (TPSA) is 67.9 Å². The van der Waals surface area contributed by atoms with Crippen LogP contribution in [-0.2, 0) is 0 Å². The van der Waals surface area contributed by atoms with E-state index >= 15 is 0 Å². The average Bonchev–Trinajstić information content (AvgIpc) is 2.74. The Balaban J connectivity index is 1.52. The molecule has 2 aromatic rings. The van der Waals surface area contributed by atoms with Crippen molar-refractivity contribution < 1.29 is 19.1 Å². The molecule has 0 aromatic heterocycles. The zero-order valence-corrected chi connectivity index (χ0v) is 15.6. The molecule has 0 radical (unpaired) electrons. The Kier molecular flexibility index (Phi) is 5.96. The summed E-state index contributed by atoms with van der Waals surface area (Å²) in [6, 6.07) is 14.2. The van der Waals surface area contributed by atoms with Gasteiger partial charge < -0.3 is 19.7 Å².